The first kappa shape index (κ1) is 11.5. The standard InChI is InChI=1S/C14H16N2O/c1-15-14(17)10-16(2)13-8-7-11-5-3-4-6-12(11)9-13/h3-9H,10H2,1-2H3,(H,15,17). The summed E-state index contributed by atoms with van der Waals surface area (Å²) in [6.07, 6.45) is 0. The van der Waals surface area contributed by atoms with Crippen LogP contribution in [-0.4, -0.2) is 26.5 Å². The molecule has 1 N–H and O–H groups in total. The van der Waals surface area contributed by atoms with Gasteiger partial charge in [-0.15, -0.1) is 0 Å². The first-order valence-electron chi connectivity index (χ1n) is 5.61. The highest BCUT2D eigenvalue weighted by molar-refractivity contribution is 5.87. The van der Waals surface area contributed by atoms with E-state index < -0.39 is 0 Å². The van der Waals surface area contributed by atoms with E-state index in [4.69, 9.17) is 0 Å². The van der Waals surface area contributed by atoms with E-state index >= 15 is 0 Å². The molecule has 0 saturated carbocycles. The van der Waals surface area contributed by atoms with Crippen molar-refractivity contribution in [2.45, 2.75) is 0 Å². The molecule has 0 aliphatic heterocycles. The molecular formula is C14H16N2O. The van der Waals surface area contributed by atoms with Crippen LogP contribution in [0.2, 0.25) is 0 Å². The zero-order valence-corrected chi connectivity index (χ0v) is 10.1. The number of anilines is 1. The van der Waals surface area contributed by atoms with Gasteiger partial charge in [-0.2, -0.15) is 0 Å². The first-order valence-corrected chi connectivity index (χ1v) is 5.61. The second-order valence-corrected chi connectivity index (χ2v) is 4.06. The van der Waals surface area contributed by atoms with Gasteiger partial charge in [0.05, 0.1) is 6.54 Å². The second kappa shape index (κ2) is 4.87. The monoisotopic (exact) mass is 228 g/mol. The van der Waals surface area contributed by atoms with Crippen LogP contribution in [-0.2, 0) is 4.79 Å². The molecule has 88 valence electrons. The Labute approximate surface area is 101 Å². The van der Waals surface area contributed by atoms with Crippen molar-refractivity contribution in [3.8, 4) is 0 Å². The maximum atomic E-state index is 11.3. The molecule has 17 heavy (non-hydrogen) atoms. The van der Waals surface area contributed by atoms with E-state index in [-0.39, 0.29) is 5.91 Å². The molecule has 0 heterocycles. The first-order chi connectivity index (χ1) is 8.20. The fourth-order valence-corrected chi connectivity index (χ4v) is 1.80. The summed E-state index contributed by atoms with van der Waals surface area (Å²) >= 11 is 0. The summed E-state index contributed by atoms with van der Waals surface area (Å²) in [5, 5.41) is 5.02. The summed E-state index contributed by atoms with van der Waals surface area (Å²) in [6, 6.07) is 14.4. The van der Waals surface area contributed by atoms with Crippen molar-refractivity contribution in [1.82, 2.24) is 5.32 Å². The Balaban J connectivity index is 2.26. The molecular weight excluding hydrogens is 212 g/mol. The van der Waals surface area contributed by atoms with E-state index in [0.717, 1.165) is 5.69 Å². The van der Waals surface area contributed by atoms with Crippen molar-refractivity contribution in [1.29, 1.82) is 0 Å². The molecule has 0 aliphatic rings. The fraction of sp³-hybridized carbons (Fsp3) is 0.214. The lowest BCUT2D eigenvalue weighted by Gasteiger charge is -2.18. The van der Waals surface area contributed by atoms with Crippen molar-refractivity contribution < 1.29 is 4.79 Å². The average molecular weight is 228 g/mol. The summed E-state index contributed by atoms with van der Waals surface area (Å²) in [6.45, 7) is 0.370. The molecule has 0 atom stereocenters. The van der Waals surface area contributed by atoms with Gasteiger partial charge in [0.2, 0.25) is 5.91 Å². The number of carbonyl (C=O) groups is 1. The van der Waals surface area contributed by atoms with E-state index in [2.05, 4.69) is 29.6 Å². The number of rotatable bonds is 3. The molecule has 0 saturated heterocycles. The molecule has 0 unspecified atom stereocenters. The minimum absolute atomic E-state index is 0.0145. The molecule has 0 fully saturated rings. The van der Waals surface area contributed by atoms with E-state index in [1.165, 1.54) is 10.8 Å². The van der Waals surface area contributed by atoms with Gasteiger partial charge in [0.25, 0.3) is 0 Å². The number of likely N-dealkylation sites (N-methyl/N-ethyl adjacent to an activating group) is 2. The number of nitrogens with one attached hydrogen (secondary N) is 1. The largest absolute Gasteiger partial charge is 0.365 e. The molecule has 0 aromatic heterocycles. The van der Waals surface area contributed by atoms with E-state index in [9.17, 15) is 4.79 Å². The van der Waals surface area contributed by atoms with Gasteiger partial charge in [-0.1, -0.05) is 30.3 Å². The summed E-state index contributed by atoms with van der Waals surface area (Å²) in [5.74, 6) is 0.0145. The van der Waals surface area contributed by atoms with Crippen LogP contribution in [0.5, 0.6) is 0 Å². The van der Waals surface area contributed by atoms with Crippen LogP contribution in [0.25, 0.3) is 10.8 Å². The minimum atomic E-state index is 0.0145. The van der Waals surface area contributed by atoms with Crippen LogP contribution in [0.4, 0.5) is 5.69 Å². The number of fused-ring (bicyclic) bond motifs is 1. The van der Waals surface area contributed by atoms with Gasteiger partial charge in [0, 0.05) is 19.8 Å². The second-order valence-electron chi connectivity index (χ2n) is 4.06. The van der Waals surface area contributed by atoms with Gasteiger partial charge in [-0.25, -0.2) is 0 Å². The van der Waals surface area contributed by atoms with Gasteiger partial charge in [-0.05, 0) is 22.9 Å². The third-order valence-corrected chi connectivity index (χ3v) is 2.83. The highest BCUT2D eigenvalue weighted by Crippen LogP contribution is 2.20. The quantitative estimate of drug-likeness (QED) is 0.871. The van der Waals surface area contributed by atoms with Crippen LogP contribution >= 0.6 is 0 Å². The third-order valence-electron chi connectivity index (χ3n) is 2.83. The fourth-order valence-electron chi connectivity index (χ4n) is 1.80. The van der Waals surface area contributed by atoms with Crippen molar-refractivity contribution in [3.05, 3.63) is 42.5 Å². The van der Waals surface area contributed by atoms with E-state index in [1.54, 1.807) is 7.05 Å². The number of nitrogens with zero attached hydrogens (tertiary/aromatic N) is 1. The summed E-state index contributed by atoms with van der Waals surface area (Å²) < 4.78 is 0. The highest BCUT2D eigenvalue weighted by Gasteiger charge is 2.05. The molecule has 2 rings (SSSR count). The van der Waals surface area contributed by atoms with Gasteiger partial charge >= 0.3 is 0 Å². The Bertz CT molecular complexity index is 536. The predicted molar refractivity (Wildman–Crippen MR) is 71.3 cm³/mol. The molecule has 1 amide bonds. The smallest absolute Gasteiger partial charge is 0.239 e. The zero-order chi connectivity index (χ0) is 12.3. The molecule has 2 aromatic rings. The lowest BCUT2D eigenvalue weighted by molar-refractivity contribution is -0.119. The van der Waals surface area contributed by atoms with Crippen LogP contribution in [0, 0.1) is 0 Å². The Morgan fingerprint density at radius 2 is 1.88 bits per heavy atom. The summed E-state index contributed by atoms with van der Waals surface area (Å²) in [7, 11) is 3.57. The van der Waals surface area contributed by atoms with E-state index in [1.807, 2.05) is 30.1 Å². The zero-order valence-electron chi connectivity index (χ0n) is 10.1. The maximum Gasteiger partial charge on any atom is 0.239 e. The maximum absolute atomic E-state index is 11.3. The lowest BCUT2D eigenvalue weighted by atomic mass is 10.1. The molecule has 0 bridgehead atoms. The Morgan fingerprint density at radius 1 is 1.18 bits per heavy atom. The van der Waals surface area contributed by atoms with Crippen LogP contribution < -0.4 is 10.2 Å². The predicted octanol–water partition coefficient (Wildman–Crippen LogP) is 2.02. The van der Waals surface area contributed by atoms with E-state index in [0.29, 0.717) is 6.54 Å². The number of benzene rings is 2. The molecule has 3 nitrogen and oxygen atoms in total. The molecule has 2 aromatic carbocycles. The van der Waals surface area contributed by atoms with Gasteiger partial charge in [0.15, 0.2) is 0 Å². The van der Waals surface area contributed by atoms with Crippen molar-refractivity contribution in [3.63, 3.8) is 0 Å². The van der Waals surface area contributed by atoms with Gasteiger partial charge in [0.1, 0.15) is 0 Å². The Kier molecular flexibility index (Phi) is 3.28. The Hall–Kier alpha value is -2.03. The molecule has 3 heteroatoms. The molecule has 0 spiro atoms. The normalized spacial score (nSPS) is 10.2. The highest BCUT2D eigenvalue weighted by atomic mass is 16.1. The number of carbonyl (C=O) groups excluding carboxylic acids is 1. The average Bonchev–Trinajstić information content (AvgIpc) is 2.38. The lowest BCUT2D eigenvalue weighted by Crippen LogP contribution is -2.32. The van der Waals surface area contributed by atoms with Crippen LogP contribution in [0.15, 0.2) is 42.5 Å². The molecule has 0 aliphatic carbocycles. The molecule has 0 radical (unpaired) electrons. The van der Waals surface area contributed by atoms with Gasteiger partial charge in [-0.3, -0.25) is 4.79 Å². The Morgan fingerprint density at radius 3 is 2.59 bits per heavy atom. The van der Waals surface area contributed by atoms with Crippen LogP contribution in [0.1, 0.15) is 0 Å². The number of amides is 1. The van der Waals surface area contributed by atoms with Crippen molar-refractivity contribution >= 4 is 22.4 Å². The van der Waals surface area contributed by atoms with Crippen molar-refractivity contribution in [2.75, 3.05) is 25.5 Å². The van der Waals surface area contributed by atoms with Crippen molar-refractivity contribution in [2.24, 2.45) is 0 Å². The number of hydrogen-bond acceptors (Lipinski definition) is 2. The van der Waals surface area contributed by atoms with Crippen LogP contribution in [0.3, 0.4) is 0 Å². The SMILES string of the molecule is CNC(=O)CN(C)c1ccc2ccccc2c1. The number of hydrogen-bond donors (Lipinski definition) is 1. The third kappa shape index (κ3) is 2.56. The van der Waals surface area contributed by atoms with Gasteiger partial charge < -0.3 is 10.2 Å². The topological polar surface area (TPSA) is 32.3 Å². The summed E-state index contributed by atoms with van der Waals surface area (Å²) in [5.41, 5.74) is 1.05. The summed E-state index contributed by atoms with van der Waals surface area (Å²) in [4.78, 5) is 13.2. The minimum Gasteiger partial charge on any atom is -0.365 e.